The Morgan fingerprint density at radius 2 is 2.04 bits per heavy atom. The van der Waals surface area contributed by atoms with Crippen molar-refractivity contribution in [3.8, 4) is 0 Å². The van der Waals surface area contributed by atoms with Crippen molar-refractivity contribution in [2.45, 2.75) is 33.2 Å². The molecule has 1 saturated heterocycles. The predicted octanol–water partition coefficient (Wildman–Crippen LogP) is 3.00. The molecule has 2 heterocycles. The summed E-state index contributed by atoms with van der Waals surface area (Å²) < 4.78 is 0. The summed E-state index contributed by atoms with van der Waals surface area (Å²) in [5.74, 6) is 1.08. The number of carbonyl (C=O) groups excluding carboxylic acids is 1. The highest BCUT2D eigenvalue weighted by molar-refractivity contribution is 5.76. The van der Waals surface area contributed by atoms with E-state index in [9.17, 15) is 4.79 Å². The van der Waals surface area contributed by atoms with E-state index < -0.39 is 0 Å². The molecule has 0 radical (unpaired) electrons. The van der Waals surface area contributed by atoms with E-state index in [2.05, 4.69) is 41.0 Å². The van der Waals surface area contributed by atoms with Gasteiger partial charge in [0.25, 0.3) is 0 Å². The zero-order chi connectivity index (χ0) is 17.8. The number of amides is 2. The van der Waals surface area contributed by atoms with Crippen LogP contribution in [0.5, 0.6) is 0 Å². The average molecular weight is 343 g/mol. The molecule has 1 atom stereocenters. The maximum Gasteiger partial charge on any atom is 0.318 e. The molecule has 136 valence electrons. The van der Waals surface area contributed by atoms with Gasteiger partial charge in [0.2, 0.25) is 0 Å². The van der Waals surface area contributed by atoms with Crippen LogP contribution in [-0.4, -0.2) is 58.5 Å². The van der Waals surface area contributed by atoms with E-state index in [4.69, 9.17) is 0 Å². The monoisotopic (exact) mass is 343 g/mol. The third-order valence-electron chi connectivity index (χ3n) is 4.97. The first-order valence-corrected chi connectivity index (χ1v) is 9.31. The quantitative estimate of drug-likeness (QED) is 0.897. The number of hydrogen-bond acceptors (Lipinski definition) is 3. The van der Waals surface area contributed by atoms with Crippen LogP contribution in [0.1, 0.15) is 39.1 Å². The van der Waals surface area contributed by atoms with Gasteiger partial charge in [0.15, 0.2) is 0 Å². The van der Waals surface area contributed by atoms with Gasteiger partial charge in [-0.15, -0.1) is 0 Å². The number of para-hydroxylation sites is 2. The largest absolute Gasteiger partial charge is 0.340 e. The van der Waals surface area contributed by atoms with Crippen LogP contribution in [-0.2, 0) is 0 Å². The number of rotatable bonds is 4. The Bertz CT molecular complexity index is 678. The number of aromatic nitrogens is 2. The normalized spacial score (nSPS) is 17.7. The molecule has 0 aliphatic carbocycles. The zero-order valence-corrected chi connectivity index (χ0v) is 15.5. The standard InChI is InChI=1S/C19H29N5O/c1-4-23-10-7-11-24(13-12-23)19(25)22-17(14(2)3)18-20-15-8-5-6-9-16(15)21-18/h5-6,8-9,14,17H,4,7,10-13H2,1-3H3,(H,20,21)(H,22,25)/t17-/m0/s1. The zero-order valence-electron chi connectivity index (χ0n) is 15.5. The van der Waals surface area contributed by atoms with Gasteiger partial charge in [-0.25, -0.2) is 9.78 Å². The summed E-state index contributed by atoms with van der Waals surface area (Å²) in [6.07, 6.45) is 1.03. The van der Waals surface area contributed by atoms with E-state index in [-0.39, 0.29) is 18.0 Å². The van der Waals surface area contributed by atoms with E-state index in [1.165, 1.54) is 0 Å². The highest BCUT2D eigenvalue weighted by Gasteiger charge is 2.25. The first-order chi connectivity index (χ1) is 12.1. The number of urea groups is 1. The molecule has 1 aliphatic heterocycles. The number of nitrogens with one attached hydrogen (secondary N) is 2. The van der Waals surface area contributed by atoms with Crippen molar-refractivity contribution in [2.75, 3.05) is 32.7 Å². The minimum Gasteiger partial charge on any atom is -0.340 e. The average Bonchev–Trinajstić information content (AvgIpc) is 2.88. The molecule has 0 bridgehead atoms. The fraction of sp³-hybridized carbons (Fsp3) is 0.579. The SMILES string of the molecule is CCN1CCCN(C(=O)N[C@H](c2nc3ccccc3[nH]2)C(C)C)CC1. The van der Waals surface area contributed by atoms with Crippen LogP contribution in [0.4, 0.5) is 4.79 Å². The van der Waals surface area contributed by atoms with Gasteiger partial charge in [0.1, 0.15) is 5.82 Å². The maximum atomic E-state index is 12.8. The molecular formula is C19H29N5O. The molecule has 1 aliphatic rings. The van der Waals surface area contributed by atoms with Crippen molar-refractivity contribution in [1.29, 1.82) is 0 Å². The molecule has 0 spiro atoms. The second-order valence-corrected chi connectivity index (χ2v) is 7.09. The lowest BCUT2D eigenvalue weighted by Crippen LogP contribution is -2.44. The third kappa shape index (κ3) is 4.12. The van der Waals surface area contributed by atoms with Crippen LogP contribution < -0.4 is 5.32 Å². The van der Waals surface area contributed by atoms with Crippen molar-refractivity contribution in [3.63, 3.8) is 0 Å². The first-order valence-electron chi connectivity index (χ1n) is 9.31. The van der Waals surface area contributed by atoms with Crippen molar-refractivity contribution in [1.82, 2.24) is 25.1 Å². The number of hydrogen-bond donors (Lipinski definition) is 2. The number of fused-ring (bicyclic) bond motifs is 1. The minimum atomic E-state index is -0.120. The van der Waals surface area contributed by atoms with Crippen molar-refractivity contribution >= 4 is 17.1 Å². The lowest BCUT2D eigenvalue weighted by Gasteiger charge is -2.26. The van der Waals surface area contributed by atoms with Crippen LogP contribution in [0.15, 0.2) is 24.3 Å². The number of H-pyrrole nitrogens is 1. The second kappa shape index (κ2) is 7.87. The highest BCUT2D eigenvalue weighted by Crippen LogP contribution is 2.22. The van der Waals surface area contributed by atoms with Gasteiger partial charge in [-0.2, -0.15) is 0 Å². The van der Waals surface area contributed by atoms with Crippen LogP contribution in [0.2, 0.25) is 0 Å². The van der Waals surface area contributed by atoms with Crippen LogP contribution >= 0.6 is 0 Å². The van der Waals surface area contributed by atoms with Gasteiger partial charge in [0, 0.05) is 19.6 Å². The van der Waals surface area contributed by atoms with Crippen LogP contribution in [0.3, 0.4) is 0 Å². The predicted molar refractivity (Wildman–Crippen MR) is 101 cm³/mol. The summed E-state index contributed by atoms with van der Waals surface area (Å²) in [5.41, 5.74) is 1.94. The second-order valence-electron chi connectivity index (χ2n) is 7.09. The smallest absolute Gasteiger partial charge is 0.318 e. The van der Waals surface area contributed by atoms with Gasteiger partial charge in [-0.1, -0.05) is 32.9 Å². The van der Waals surface area contributed by atoms with Gasteiger partial charge >= 0.3 is 6.03 Å². The first kappa shape index (κ1) is 17.7. The number of carbonyl (C=O) groups is 1. The molecule has 1 aromatic carbocycles. The van der Waals surface area contributed by atoms with Crippen molar-refractivity contribution in [2.24, 2.45) is 5.92 Å². The molecule has 2 aromatic rings. The molecular weight excluding hydrogens is 314 g/mol. The molecule has 6 heteroatoms. The van der Waals surface area contributed by atoms with Gasteiger partial charge in [0.05, 0.1) is 17.1 Å². The molecule has 0 saturated carbocycles. The number of nitrogens with zero attached hydrogens (tertiary/aromatic N) is 3. The molecule has 6 nitrogen and oxygen atoms in total. The minimum absolute atomic E-state index is 0.0112. The summed E-state index contributed by atoms with van der Waals surface area (Å²) in [6.45, 7) is 11.0. The molecule has 2 amide bonds. The summed E-state index contributed by atoms with van der Waals surface area (Å²) in [6, 6.07) is 7.86. The Hall–Kier alpha value is -2.08. The number of aromatic amines is 1. The summed E-state index contributed by atoms with van der Waals surface area (Å²) >= 11 is 0. The molecule has 1 fully saturated rings. The Morgan fingerprint density at radius 1 is 1.24 bits per heavy atom. The summed E-state index contributed by atoms with van der Waals surface area (Å²) in [5, 5.41) is 3.20. The molecule has 2 N–H and O–H groups in total. The molecule has 25 heavy (non-hydrogen) atoms. The van der Waals surface area contributed by atoms with Gasteiger partial charge in [-0.3, -0.25) is 0 Å². The molecule has 0 unspecified atom stereocenters. The Labute approximate surface area is 149 Å². The molecule has 3 rings (SSSR count). The fourth-order valence-corrected chi connectivity index (χ4v) is 3.39. The Morgan fingerprint density at radius 3 is 2.76 bits per heavy atom. The Balaban J connectivity index is 1.72. The van der Waals surface area contributed by atoms with Crippen molar-refractivity contribution in [3.05, 3.63) is 30.1 Å². The molecule has 1 aromatic heterocycles. The van der Waals surface area contributed by atoms with Crippen molar-refractivity contribution < 1.29 is 4.79 Å². The van der Waals surface area contributed by atoms with E-state index in [0.717, 1.165) is 56.0 Å². The van der Waals surface area contributed by atoms with Crippen LogP contribution in [0.25, 0.3) is 11.0 Å². The maximum absolute atomic E-state index is 12.8. The third-order valence-corrected chi connectivity index (χ3v) is 4.97. The van der Waals surface area contributed by atoms with Crippen LogP contribution in [0, 0.1) is 5.92 Å². The van der Waals surface area contributed by atoms with Gasteiger partial charge in [-0.05, 0) is 37.6 Å². The number of likely N-dealkylation sites (N-methyl/N-ethyl adjacent to an activating group) is 1. The van der Waals surface area contributed by atoms with E-state index in [0.29, 0.717) is 0 Å². The number of benzene rings is 1. The van der Waals surface area contributed by atoms with E-state index in [1.54, 1.807) is 0 Å². The topological polar surface area (TPSA) is 64.3 Å². The summed E-state index contributed by atoms with van der Waals surface area (Å²) in [7, 11) is 0. The lowest BCUT2D eigenvalue weighted by molar-refractivity contribution is 0.190. The highest BCUT2D eigenvalue weighted by atomic mass is 16.2. The Kier molecular flexibility index (Phi) is 5.58. The van der Waals surface area contributed by atoms with E-state index in [1.807, 2.05) is 29.2 Å². The van der Waals surface area contributed by atoms with E-state index >= 15 is 0 Å². The number of imidazole rings is 1. The fourth-order valence-electron chi connectivity index (χ4n) is 3.39. The van der Waals surface area contributed by atoms with Gasteiger partial charge < -0.3 is 20.1 Å². The lowest BCUT2D eigenvalue weighted by atomic mass is 10.0. The summed E-state index contributed by atoms with van der Waals surface area (Å²) in [4.78, 5) is 25.2.